The minimum absolute atomic E-state index is 0.232. The molecule has 1 N–H and O–H groups in total. The Bertz CT molecular complexity index is 610. The van der Waals surface area contributed by atoms with Crippen molar-refractivity contribution in [1.29, 1.82) is 0 Å². The molecular formula is C19H22FNO. The first-order chi connectivity index (χ1) is 10.6. The van der Waals surface area contributed by atoms with Crippen LogP contribution in [0.15, 0.2) is 54.6 Å². The Labute approximate surface area is 131 Å². The maximum Gasteiger partial charge on any atom is 0.251 e. The minimum atomic E-state index is -0.394. The van der Waals surface area contributed by atoms with Crippen LogP contribution >= 0.6 is 0 Å². The summed E-state index contributed by atoms with van der Waals surface area (Å²) in [4.78, 5) is 12.1. The molecule has 0 aliphatic rings. The van der Waals surface area contributed by atoms with Gasteiger partial charge in [0.2, 0.25) is 0 Å². The van der Waals surface area contributed by atoms with Crippen molar-refractivity contribution >= 4 is 5.91 Å². The van der Waals surface area contributed by atoms with E-state index in [1.807, 2.05) is 18.2 Å². The lowest BCUT2D eigenvalue weighted by Gasteiger charge is -2.20. The number of amides is 1. The standard InChI is InChI=1S/C19H22FNO/c1-14(2)11-17(15-7-4-3-5-8-15)13-21-19(22)16-9-6-10-18(20)12-16/h3-10,12,14,17H,11,13H2,1-2H3,(H,21,22)/t17-/m0/s1. The largest absolute Gasteiger partial charge is 0.351 e. The molecule has 2 aromatic rings. The molecule has 0 spiro atoms. The Morgan fingerprint density at radius 1 is 1.09 bits per heavy atom. The number of benzene rings is 2. The lowest BCUT2D eigenvalue weighted by atomic mass is 9.90. The first-order valence-corrected chi connectivity index (χ1v) is 7.65. The number of hydrogen-bond acceptors (Lipinski definition) is 1. The van der Waals surface area contributed by atoms with Crippen molar-refractivity contribution in [2.24, 2.45) is 5.92 Å². The van der Waals surface area contributed by atoms with Gasteiger partial charge in [0.05, 0.1) is 0 Å². The molecule has 0 aromatic heterocycles. The summed E-state index contributed by atoms with van der Waals surface area (Å²) < 4.78 is 13.2. The van der Waals surface area contributed by atoms with Crippen LogP contribution < -0.4 is 5.32 Å². The Morgan fingerprint density at radius 3 is 2.45 bits per heavy atom. The van der Waals surface area contributed by atoms with Gasteiger partial charge in [-0.1, -0.05) is 50.2 Å². The van der Waals surface area contributed by atoms with Gasteiger partial charge in [-0.15, -0.1) is 0 Å². The summed E-state index contributed by atoms with van der Waals surface area (Å²) in [6, 6.07) is 15.9. The van der Waals surface area contributed by atoms with Crippen LogP contribution in [0.5, 0.6) is 0 Å². The van der Waals surface area contributed by atoms with Crippen LogP contribution in [-0.2, 0) is 0 Å². The van der Waals surface area contributed by atoms with Crippen molar-refractivity contribution in [3.63, 3.8) is 0 Å². The Balaban J connectivity index is 2.03. The van der Waals surface area contributed by atoms with Crippen molar-refractivity contribution in [2.75, 3.05) is 6.54 Å². The predicted molar refractivity (Wildman–Crippen MR) is 87.4 cm³/mol. The number of carbonyl (C=O) groups is 1. The first kappa shape index (κ1) is 16.2. The zero-order chi connectivity index (χ0) is 15.9. The molecule has 0 fully saturated rings. The number of nitrogens with one attached hydrogen (secondary N) is 1. The molecular weight excluding hydrogens is 277 g/mol. The molecule has 0 aliphatic heterocycles. The van der Waals surface area contributed by atoms with Crippen molar-refractivity contribution in [3.8, 4) is 0 Å². The van der Waals surface area contributed by atoms with Crippen molar-refractivity contribution < 1.29 is 9.18 Å². The number of carbonyl (C=O) groups excluding carboxylic acids is 1. The molecule has 0 aliphatic carbocycles. The van der Waals surface area contributed by atoms with Crippen molar-refractivity contribution in [3.05, 3.63) is 71.5 Å². The van der Waals surface area contributed by atoms with Crippen LogP contribution in [0.3, 0.4) is 0 Å². The third kappa shape index (κ3) is 4.69. The van der Waals surface area contributed by atoms with Crippen LogP contribution in [0.25, 0.3) is 0 Å². The second-order valence-corrected chi connectivity index (χ2v) is 5.96. The topological polar surface area (TPSA) is 29.1 Å². The van der Waals surface area contributed by atoms with Crippen LogP contribution in [0.1, 0.15) is 42.1 Å². The normalized spacial score (nSPS) is 12.2. The molecule has 0 radical (unpaired) electrons. The molecule has 2 nitrogen and oxygen atoms in total. The number of halogens is 1. The van der Waals surface area contributed by atoms with Crippen LogP contribution in [0.4, 0.5) is 4.39 Å². The lowest BCUT2D eigenvalue weighted by molar-refractivity contribution is 0.0949. The molecule has 3 heteroatoms. The van der Waals surface area contributed by atoms with E-state index in [1.54, 1.807) is 12.1 Å². The molecule has 0 unspecified atom stereocenters. The minimum Gasteiger partial charge on any atom is -0.351 e. The van der Waals surface area contributed by atoms with Crippen LogP contribution in [0.2, 0.25) is 0 Å². The zero-order valence-corrected chi connectivity index (χ0v) is 13.1. The maximum absolute atomic E-state index is 13.2. The van der Waals surface area contributed by atoms with E-state index in [-0.39, 0.29) is 11.8 Å². The van der Waals surface area contributed by atoms with E-state index in [2.05, 4.69) is 31.3 Å². The van der Waals surface area contributed by atoms with E-state index in [1.165, 1.54) is 17.7 Å². The summed E-state index contributed by atoms with van der Waals surface area (Å²) in [6.45, 7) is 4.90. The van der Waals surface area contributed by atoms with Gasteiger partial charge in [0.1, 0.15) is 5.82 Å². The molecule has 116 valence electrons. The van der Waals surface area contributed by atoms with Gasteiger partial charge in [-0.3, -0.25) is 4.79 Å². The second kappa shape index (κ2) is 7.74. The second-order valence-electron chi connectivity index (χ2n) is 5.96. The highest BCUT2D eigenvalue weighted by Gasteiger charge is 2.15. The fraction of sp³-hybridized carbons (Fsp3) is 0.316. The van der Waals surface area contributed by atoms with E-state index >= 15 is 0 Å². The van der Waals surface area contributed by atoms with Crippen molar-refractivity contribution in [1.82, 2.24) is 5.32 Å². The third-order valence-electron chi connectivity index (χ3n) is 3.62. The average Bonchev–Trinajstić information content (AvgIpc) is 2.51. The molecule has 0 saturated carbocycles. The number of hydrogen-bond donors (Lipinski definition) is 1. The third-order valence-corrected chi connectivity index (χ3v) is 3.62. The number of rotatable bonds is 6. The quantitative estimate of drug-likeness (QED) is 0.842. The Kier molecular flexibility index (Phi) is 5.70. The van der Waals surface area contributed by atoms with E-state index in [4.69, 9.17) is 0 Å². The smallest absolute Gasteiger partial charge is 0.251 e. The summed E-state index contributed by atoms with van der Waals surface area (Å²) in [5, 5.41) is 2.92. The van der Waals surface area contributed by atoms with Gasteiger partial charge in [0, 0.05) is 18.0 Å². The highest BCUT2D eigenvalue weighted by Crippen LogP contribution is 2.23. The first-order valence-electron chi connectivity index (χ1n) is 7.65. The fourth-order valence-electron chi connectivity index (χ4n) is 2.58. The molecule has 1 amide bonds. The summed E-state index contributed by atoms with van der Waals surface area (Å²) in [5.41, 5.74) is 1.58. The molecule has 1 atom stereocenters. The van der Waals surface area contributed by atoms with E-state index in [0.717, 1.165) is 6.42 Å². The van der Waals surface area contributed by atoms with E-state index in [9.17, 15) is 9.18 Å². The monoisotopic (exact) mass is 299 g/mol. The van der Waals surface area contributed by atoms with E-state index < -0.39 is 5.82 Å². The molecule has 0 saturated heterocycles. The predicted octanol–water partition coefficient (Wildman–Crippen LogP) is 4.39. The Hall–Kier alpha value is -2.16. The summed E-state index contributed by atoms with van der Waals surface area (Å²) in [5.74, 6) is 0.175. The van der Waals surface area contributed by atoms with Crippen LogP contribution in [0, 0.1) is 11.7 Å². The maximum atomic E-state index is 13.2. The highest BCUT2D eigenvalue weighted by molar-refractivity contribution is 5.94. The average molecular weight is 299 g/mol. The molecule has 22 heavy (non-hydrogen) atoms. The molecule has 2 aromatic carbocycles. The lowest BCUT2D eigenvalue weighted by Crippen LogP contribution is -2.29. The summed E-state index contributed by atoms with van der Waals surface area (Å²) in [6.07, 6.45) is 0.993. The van der Waals surface area contributed by atoms with Gasteiger partial charge in [0.25, 0.3) is 5.91 Å². The van der Waals surface area contributed by atoms with Crippen molar-refractivity contribution in [2.45, 2.75) is 26.2 Å². The van der Waals surface area contributed by atoms with Gasteiger partial charge >= 0.3 is 0 Å². The van der Waals surface area contributed by atoms with Gasteiger partial charge < -0.3 is 5.32 Å². The summed E-state index contributed by atoms with van der Waals surface area (Å²) in [7, 11) is 0. The Morgan fingerprint density at radius 2 is 1.82 bits per heavy atom. The van der Waals surface area contributed by atoms with Gasteiger partial charge in [0.15, 0.2) is 0 Å². The molecule has 0 bridgehead atoms. The van der Waals surface area contributed by atoms with Gasteiger partial charge in [-0.2, -0.15) is 0 Å². The fourth-order valence-corrected chi connectivity index (χ4v) is 2.58. The van der Waals surface area contributed by atoms with Crippen LogP contribution in [-0.4, -0.2) is 12.5 Å². The van der Waals surface area contributed by atoms with Gasteiger partial charge in [-0.25, -0.2) is 4.39 Å². The zero-order valence-electron chi connectivity index (χ0n) is 13.1. The molecule has 2 rings (SSSR count). The van der Waals surface area contributed by atoms with E-state index in [0.29, 0.717) is 18.0 Å². The molecule has 0 heterocycles. The SMILES string of the molecule is CC(C)C[C@@H](CNC(=O)c1cccc(F)c1)c1ccccc1. The highest BCUT2D eigenvalue weighted by atomic mass is 19.1. The summed E-state index contributed by atoms with van der Waals surface area (Å²) >= 11 is 0. The van der Waals surface area contributed by atoms with Gasteiger partial charge in [-0.05, 0) is 36.1 Å².